The van der Waals surface area contributed by atoms with Crippen molar-refractivity contribution in [1.29, 1.82) is 0 Å². The molecule has 1 unspecified atom stereocenters. The van der Waals surface area contributed by atoms with Crippen LogP contribution >= 0.6 is 22.7 Å². The van der Waals surface area contributed by atoms with Gasteiger partial charge in [0.25, 0.3) is 0 Å². The molecule has 0 radical (unpaired) electrons. The van der Waals surface area contributed by atoms with E-state index in [1.807, 2.05) is 0 Å². The second-order valence-corrected chi connectivity index (χ2v) is 7.79. The zero-order valence-electron chi connectivity index (χ0n) is 14.4. The molecule has 1 amide bonds. The van der Waals surface area contributed by atoms with E-state index < -0.39 is 5.97 Å². The fourth-order valence-electron chi connectivity index (χ4n) is 3.24. The summed E-state index contributed by atoms with van der Waals surface area (Å²) in [4.78, 5) is 28.1. The fraction of sp³-hybridized carbons (Fsp3) is 0.444. The van der Waals surface area contributed by atoms with Crippen LogP contribution in [0.3, 0.4) is 0 Å². The summed E-state index contributed by atoms with van der Waals surface area (Å²) in [5.74, 6) is -0.489. The van der Waals surface area contributed by atoms with E-state index in [9.17, 15) is 9.59 Å². The lowest BCUT2D eigenvalue weighted by atomic mass is 9.98. The highest BCUT2D eigenvalue weighted by molar-refractivity contribution is 7.14. The van der Waals surface area contributed by atoms with Crippen LogP contribution < -0.4 is 5.32 Å². The average molecular weight is 379 g/mol. The number of amides is 1. The van der Waals surface area contributed by atoms with Crippen molar-refractivity contribution in [2.75, 3.05) is 25.0 Å². The minimum absolute atomic E-state index is 0.0925. The van der Waals surface area contributed by atoms with E-state index in [0.29, 0.717) is 23.7 Å². The molecule has 0 spiro atoms. The molecular formula is C18H22N2O3S2. The van der Waals surface area contributed by atoms with Crippen LogP contribution in [0, 0.1) is 0 Å². The van der Waals surface area contributed by atoms with E-state index in [1.165, 1.54) is 21.8 Å². The molecule has 134 valence electrons. The van der Waals surface area contributed by atoms with Crippen LogP contribution in [-0.4, -0.2) is 36.5 Å². The second kappa shape index (κ2) is 8.12. The molecule has 25 heavy (non-hydrogen) atoms. The predicted octanol–water partition coefficient (Wildman–Crippen LogP) is 3.93. The molecule has 7 heteroatoms. The summed E-state index contributed by atoms with van der Waals surface area (Å²) in [6, 6.07) is 4.15. The van der Waals surface area contributed by atoms with Crippen LogP contribution in [0.1, 0.15) is 47.1 Å². The Hall–Kier alpha value is -1.70. The van der Waals surface area contributed by atoms with E-state index in [1.54, 1.807) is 29.7 Å². The summed E-state index contributed by atoms with van der Waals surface area (Å²) >= 11 is 3.14. The molecule has 5 nitrogen and oxygen atoms in total. The summed E-state index contributed by atoms with van der Waals surface area (Å²) in [6.07, 6.45) is 1.97. The Kier molecular flexibility index (Phi) is 5.88. The van der Waals surface area contributed by atoms with Gasteiger partial charge in [-0.15, -0.1) is 22.7 Å². The maximum absolute atomic E-state index is 12.5. The van der Waals surface area contributed by atoms with E-state index in [-0.39, 0.29) is 11.9 Å². The SMILES string of the molecule is CCOC(=O)c1ccsc1NC(=O)CN1CCc2sccc2C1CC. The number of hydrogen-bond acceptors (Lipinski definition) is 6. The number of fused-ring (bicyclic) bond motifs is 1. The number of rotatable bonds is 6. The van der Waals surface area contributed by atoms with Crippen LogP contribution in [0.2, 0.25) is 0 Å². The van der Waals surface area contributed by atoms with Gasteiger partial charge in [-0.3, -0.25) is 9.69 Å². The van der Waals surface area contributed by atoms with E-state index >= 15 is 0 Å². The normalized spacial score (nSPS) is 17.1. The lowest BCUT2D eigenvalue weighted by Gasteiger charge is -2.34. The molecule has 0 aromatic carbocycles. The van der Waals surface area contributed by atoms with Gasteiger partial charge >= 0.3 is 5.97 Å². The van der Waals surface area contributed by atoms with Crippen molar-refractivity contribution < 1.29 is 14.3 Å². The van der Waals surface area contributed by atoms with Gasteiger partial charge in [0.05, 0.1) is 18.7 Å². The highest BCUT2D eigenvalue weighted by atomic mass is 32.1. The highest BCUT2D eigenvalue weighted by Crippen LogP contribution is 2.35. The Morgan fingerprint density at radius 1 is 1.28 bits per heavy atom. The van der Waals surface area contributed by atoms with E-state index in [2.05, 4.69) is 28.6 Å². The first-order chi connectivity index (χ1) is 12.1. The zero-order valence-corrected chi connectivity index (χ0v) is 16.0. The average Bonchev–Trinajstić information content (AvgIpc) is 3.23. The standard InChI is InChI=1S/C18H22N2O3S2/c1-3-14-12-6-9-24-15(12)5-8-20(14)11-16(21)19-17-13(7-10-25-17)18(22)23-4-2/h6-7,9-10,14H,3-5,8,11H2,1-2H3,(H,19,21). The Labute approximate surface area is 155 Å². The molecule has 1 aliphatic heterocycles. The molecule has 3 heterocycles. The summed E-state index contributed by atoms with van der Waals surface area (Å²) in [5.41, 5.74) is 1.78. The number of nitrogens with one attached hydrogen (secondary N) is 1. The van der Waals surface area contributed by atoms with Crippen molar-refractivity contribution in [2.45, 2.75) is 32.7 Å². The quantitative estimate of drug-likeness (QED) is 0.774. The molecule has 1 aliphatic rings. The Bertz CT molecular complexity index is 753. The molecule has 2 aromatic rings. The molecule has 2 aromatic heterocycles. The van der Waals surface area contributed by atoms with E-state index in [4.69, 9.17) is 4.74 Å². The summed E-state index contributed by atoms with van der Waals surface area (Å²) in [6.45, 7) is 5.45. The number of esters is 1. The van der Waals surface area contributed by atoms with Gasteiger partial charge in [0.15, 0.2) is 0 Å². The largest absolute Gasteiger partial charge is 0.462 e. The molecule has 1 atom stereocenters. The van der Waals surface area contributed by atoms with Crippen LogP contribution in [0.25, 0.3) is 0 Å². The summed E-state index contributed by atoms with van der Waals surface area (Å²) in [7, 11) is 0. The predicted molar refractivity (Wildman–Crippen MR) is 102 cm³/mol. The van der Waals surface area contributed by atoms with Gasteiger partial charge in [-0.2, -0.15) is 0 Å². The van der Waals surface area contributed by atoms with Crippen molar-refractivity contribution >= 4 is 39.6 Å². The zero-order chi connectivity index (χ0) is 17.8. The molecule has 3 rings (SSSR count). The van der Waals surface area contributed by atoms with Gasteiger partial charge in [0.1, 0.15) is 5.00 Å². The third-order valence-corrected chi connectivity index (χ3v) is 6.18. The first-order valence-corrected chi connectivity index (χ1v) is 10.2. The number of hydrogen-bond donors (Lipinski definition) is 1. The minimum Gasteiger partial charge on any atom is -0.462 e. The first-order valence-electron chi connectivity index (χ1n) is 8.48. The van der Waals surface area contributed by atoms with Crippen molar-refractivity contribution in [1.82, 2.24) is 4.90 Å². The molecule has 0 saturated heterocycles. The van der Waals surface area contributed by atoms with E-state index in [0.717, 1.165) is 19.4 Å². The Balaban J connectivity index is 1.66. The smallest absolute Gasteiger partial charge is 0.341 e. The first kappa shape index (κ1) is 18.1. The Morgan fingerprint density at radius 2 is 2.08 bits per heavy atom. The van der Waals surface area contributed by atoms with Crippen LogP contribution in [0.15, 0.2) is 22.9 Å². The fourth-order valence-corrected chi connectivity index (χ4v) is 4.96. The van der Waals surface area contributed by atoms with Crippen molar-refractivity contribution in [3.8, 4) is 0 Å². The number of carbonyl (C=O) groups is 2. The molecule has 0 fully saturated rings. The van der Waals surface area contributed by atoms with Gasteiger partial charge in [0.2, 0.25) is 5.91 Å². The van der Waals surface area contributed by atoms with Gasteiger partial charge in [-0.05, 0) is 48.2 Å². The van der Waals surface area contributed by atoms with Gasteiger partial charge < -0.3 is 10.1 Å². The van der Waals surface area contributed by atoms with Gasteiger partial charge in [0, 0.05) is 17.5 Å². The third-order valence-electron chi connectivity index (χ3n) is 4.35. The third kappa shape index (κ3) is 3.94. The molecule has 0 saturated carbocycles. The lowest BCUT2D eigenvalue weighted by Crippen LogP contribution is -2.40. The van der Waals surface area contributed by atoms with Crippen LogP contribution in [0.5, 0.6) is 0 Å². The monoisotopic (exact) mass is 378 g/mol. The van der Waals surface area contributed by atoms with Gasteiger partial charge in [-0.25, -0.2) is 4.79 Å². The highest BCUT2D eigenvalue weighted by Gasteiger charge is 2.28. The Morgan fingerprint density at radius 3 is 2.84 bits per heavy atom. The lowest BCUT2D eigenvalue weighted by molar-refractivity contribution is -0.118. The van der Waals surface area contributed by atoms with Crippen molar-refractivity contribution in [2.24, 2.45) is 0 Å². The minimum atomic E-state index is -0.397. The van der Waals surface area contributed by atoms with Crippen LogP contribution in [-0.2, 0) is 16.0 Å². The molecule has 0 bridgehead atoms. The summed E-state index contributed by atoms with van der Waals surface area (Å²) < 4.78 is 5.03. The number of nitrogens with zero attached hydrogens (tertiary/aromatic N) is 1. The number of ether oxygens (including phenoxy) is 1. The second-order valence-electron chi connectivity index (χ2n) is 5.88. The van der Waals surface area contributed by atoms with Crippen LogP contribution in [0.4, 0.5) is 5.00 Å². The van der Waals surface area contributed by atoms with Gasteiger partial charge in [-0.1, -0.05) is 6.92 Å². The molecular weight excluding hydrogens is 356 g/mol. The van der Waals surface area contributed by atoms with Crippen molar-refractivity contribution in [3.05, 3.63) is 38.9 Å². The maximum atomic E-state index is 12.5. The topological polar surface area (TPSA) is 58.6 Å². The number of carbonyl (C=O) groups excluding carboxylic acids is 2. The summed E-state index contributed by atoms with van der Waals surface area (Å²) in [5, 5.41) is 7.36. The van der Waals surface area contributed by atoms with Crippen molar-refractivity contribution in [3.63, 3.8) is 0 Å². The number of thiophene rings is 2. The molecule has 1 N–H and O–H groups in total. The maximum Gasteiger partial charge on any atom is 0.341 e. The molecule has 0 aliphatic carbocycles. The number of anilines is 1.